The van der Waals surface area contributed by atoms with Crippen molar-refractivity contribution in [2.24, 2.45) is 0 Å². The van der Waals surface area contributed by atoms with E-state index in [1.807, 2.05) is 20.9 Å². The molecule has 1 N–H and O–H groups in total. The number of hydrogen-bond donors (Lipinski definition) is 1. The zero-order valence-corrected chi connectivity index (χ0v) is 10.5. The van der Waals surface area contributed by atoms with E-state index in [0.717, 1.165) is 11.6 Å². The molecule has 0 aromatic heterocycles. The second kappa shape index (κ2) is 6.67. The van der Waals surface area contributed by atoms with Gasteiger partial charge in [-0.15, -0.1) is 0 Å². The van der Waals surface area contributed by atoms with Crippen LogP contribution >= 0.6 is 0 Å². The van der Waals surface area contributed by atoms with E-state index < -0.39 is 11.6 Å². The molecule has 0 bridgehead atoms. The summed E-state index contributed by atoms with van der Waals surface area (Å²) in [7, 11) is 1.83. The van der Waals surface area contributed by atoms with Gasteiger partial charge in [-0.3, -0.25) is 0 Å². The lowest BCUT2D eigenvalue weighted by molar-refractivity contribution is 0.0496. The molecule has 0 saturated heterocycles. The highest BCUT2D eigenvalue weighted by atomic mass is 19.2. The summed E-state index contributed by atoms with van der Waals surface area (Å²) < 4.78 is 31.3. The molecular formula is C13H19F2NO. The van der Waals surface area contributed by atoms with E-state index in [-0.39, 0.29) is 12.1 Å². The van der Waals surface area contributed by atoms with Gasteiger partial charge in [0, 0.05) is 12.6 Å². The van der Waals surface area contributed by atoms with Gasteiger partial charge in [-0.25, -0.2) is 8.78 Å². The van der Waals surface area contributed by atoms with Crippen molar-refractivity contribution >= 4 is 0 Å². The zero-order valence-electron chi connectivity index (χ0n) is 10.5. The smallest absolute Gasteiger partial charge is 0.159 e. The fraction of sp³-hybridized carbons (Fsp3) is 0.538. The van der Waals surface area contributed by atoms with Crippen LogP contribution in [0.5, 0.6) is 0 Å². The minimum Gasteiger partial charge on any atom is -0.377 e. The summed E-state index contributed by atoms with van der Waals surface area (Å²) in [6, 6.07) is 4.07. The molecule has 0 spiro atoms. The summed E-state index contributed by atoms with van der Waals surface area (Å²) in [5, 5.41) is 3.13. The van der Waals surface area contributed by atoms with E-state index in [0.29, 0.717) is 13.0 Å². The summed E-state index contributed by atoms with van der Waals surface area (Å²) in [5.41, 5.74) is 0.759. The van der Waals surface area contributed by atoms with Gasteiger partial charge in [-0.2, -0.15) is 0 Å². The molecule has 1 aromatic rings. The van der Waals surface area contributed by atoms with Crippen LogP contribution in [-0.4, -0.2) is 25.8 Å². The Hall–Kier alpha value is -1.00. The maximum absolute atomic E-state index is 13.1. The zero-order chi connectivity index (χ0) is 12.8. The molecule has 0 aliphatic heterocycles. The maximum atomic E-state index is 13.1. The number of halogens is 2. The van der Waals surface area contributed by atoms with E-state index in [9.17, 15) is 8.78 Å². The van der Waals surface area contributed by atoms with Crippen LogP contribution < -0.4 is 5.32 Å². The molecule has 0 aliphatic carbocycles. The van der Waals surface area contributed by atoms with Gasteiger partial charge < -0.3 is 10.1 Å². The van der Waals surface area contributed by atoms with E-state index in [2.05, 4.69) is 5.32 Å². The second-order valence-electron chi connectivity index (χ2n) is 4.01. The van der Waals surface area contributed by atoms with Gasteiger partial charge in [0.1, 0.15) is 0 Å². The van der Waals surface area contributed by atoms with Gasteiger partial charge in [0.2, 0.25) is 0 Å². The summed E-state index contributed by atoms with van der Waals surface area (Å²) >= 11 is 0. The van der Waals surface area contributed by atoms with Gasteiger partial charge in [0.05, 0.1) is 6.10 Å². The highest BCUT2D eigenvalue weighted by molar-refractivity contribution is 5.19. The third kappa shape index (κ3) is 4.06. The molecule has 1 aromatic carbocycles. The van der Waals surface area contributed by atoms with Crippen molar-refractivity contribution in [2.45, 2.75) is 32.4 Å². The Morgan fingerprint density at radius 3 is 2.53 bits per heavy atom. The Labute approximate surface area is 101 Å². The van der Waals surface area contributed by atoms with Crippen LogP contribution in [-0.2, 0) is 11.2 Å². The monoisotopic (exact) mass is 243 g/mol. The lowest BCUT2D eigenvalue weighted by Crippen LogP contribution is -2.39. The number of hydrogen-bond acceptors (Lipinski definition) is 2. The Balaban J connectivity index is 2.70. The van der Waals surface area contributed by atoms with Crippen molar-refractivity contribution in [1.82, 2.24) is 5.32 Å². The fourth-order valence-electron chi connectivity index (χ4n) is 1.80. The van der Waals surface area contributed by atoms with Gasteiger partial charge >= 0.3 is 0 Å². The molecule has 0 aliphatic rings. The van der Waals surface area contributed by atoms with Crippen molar-refractivity contribution in [3.63, 3.8) is 0 Å². The minimum atomic E-state index is -0.812. The van der Waals surface area contributed by atoms with E-state index in [1.54, 1.807) is 6.07 Å². The summed E-state index contributed by atoms with van der Waals surface area (Å²) in [6.45, 7) is 4.53. The SMILES string of the molecule is CCOC(C)C(Cc1ccc(F)c(F)c1)NC. The molecule has 17 heavy (non-hydrogen) atoms. The average molecular weight is 243 g/mol. The first-order valence-electron chi connectivity index (χ1n) is 5.81. The molecule has 0 saturated carbocycles. The van der Waals surface area contributed by atoms with Crippen molar-refractivity contribution in [3.05, 3.63) is 35.4 Å². The van der Waals surface area contributed by atoms with Crippen LogP contribution in [0.3, 0.4) is 0 Å². The summed E-state index contributed by atoms with van der Waals surface area (Å²) in [4.78, 5) is 0. The Morgan fingerprint density at radius 2 is 2.00 bits per heavy atom. The number of likely N-dealkylation sites (N-methyl/N-ethyl adjacent to an activating group) is 1. The van der Waals surface area contributed by atoms with Crippen molar-refractivity contribution < 1.29 is 13.5 Å². The lowest BCUT2D eigenvalue weighted by atomic mass is 10.0. The molecule has 0 fully saturated rings. The standard InChI is InChI=1S/C13H19F2NO/c1-4-17-9(2)13(16-3)8-10-5-6-11(14)12(15)7-10/h5-7,9,13,16H,4,8H2,1-3H3. The van der Waals surface area contributed by atoms with Gasteiger partial charge in [0.25, 0.3) is 0 Å². The number of benzene rings is 1. The summed E-state index contributed by atoms with van der Waals surface area (Å²) in [6.07, 6.45) is 0.632. The fourth-order valence-corrected chi connectivity index (χ4v) is 1.80. The van der Waals surface area contributed by atoms with Crippen molar-refractivity contribution in [2.75, 3.05) is 13.7 Å². The topological polar surface area (TPSA) is 21.3 Å². The molecule has 2 atom stereocenters. The minimum absolute atomic E-state index is 0.0260. The van der Waals surface area contributed by atoms with Crippen molar-refractivity contribution in [1.29, 1.82) is 0 Å². The Kier molecular flexibility index (Phi) is 5.51. The van der Waals surface area contributed by atoms with Gasteiger partial charge in [-0.05, 0) is 45.0 Å². The molecule has 0 heterocycles. The molecule has 2 nitrogen and oxygen atoms in total. The molecule has 96 valence electrons. The third-order valence-corrected chi connectivity index (χ3v) is 2.81. The average Bonchev–Trinajstić information content (AvgIpc) is 2.30. The lowest BCUT2D eigenvalue weighted by Gasteiger charge is -2.23. The van der Waals surface area contributed by atoms with Gasteiger partial charge in [0.15, 0.2) is 11.6 Å². The normalized spacial score (nSPS) is 14.6. The third-order valence-electron chi connectivity index (χ3n) is 2.81. The van der Waals surface area contributed by atoms with Gasteiger partial charge in [-0.1, -0.05) is 6.07 Å². The highest BCUT2D eigenvalue weighted by Gasteiger charge is 2.16. The number of ether oxygens (including phenoxy) is 1. The quantitative estimate of drug-likeness (QED) is 0.829. The molecular weight excluding hydrogens is 224 g/mol. The second-order valence-corrected chi connectivity index (χ2v) is 4.01. The first kappa shape index (κ1) is 14.1. The Bertz CT molecular complexity index is 357. The van der Waals surface area contributed by atoms with Crippen molar-refractivity contribution in [3.8, 4) is 0 Å². The molecule has 2 unspecified atom stereocenters. The number of rotatable bonds is 6. The number of nitrogens with one attached hydrogen (secondary N) is 1. The van der Waals surface area contributed by atoms with Crippen LogP contribution in [0.25, 0.3) is 0 Å². The maximum Gasteiger partial charge on any atom is 0.159 e. The molecule has 0 amide bonds. The predicted molar refractivity (Wildman–Crippen MR) is 64.0 cm³/mol. The summed E-state index contributed by atoms with van der Waals surface area (Å²) in [5.74, 6) is -1.62. The van der Waals surface area contributed by atoms with Crippen LogP contribution in [0.2, 0.25) is 0 Å². The first-order chi connectivity index (χ1) is 8.08. The largest absolute Gasteiger partial charge is 0.377 e. The van der Waals surface area contributed by atoms with Crippen LogP contribution in [0.1, 0.15) is 19.4 Å². The molecule has 1 rings (SSSR count). The van der Waals surface area contributed by atoms with Crippen LogP contribution in [0.4, 0.5) is 8.78 Å². The first-order valence-corrected chi connectivity index (χ1v) is 5.81. The van der Waals surface area contributed by atoms with Crippen LogP contribution in [0.15, 0.2) is 18.2 Å². The molecule has 0 radical (unpaired) electrons. The van der Waals surface area contributed by atoms with E-state index >= 15 is 0 Å². The van der Waals surface area contributed by atoms with E-state index in [4.69, 9.17) is 4.74 Å². The van der Waals surface area contributed by atoms with E-state index in [1.165, 1.54) is 6.07 Å². The highest BCUT2D eigenvalue weighted by Crippen LogP contribution is 2.12. The Morgan fingerprint density at radius 1 is 1.29 bits per heavy atom. The van der Waals surface area contributed by atoms with Crippen LogP contribution in [0, 0.1) is 11.6 Å². The predicted octanol–water partition coefficient (Wildman–Crippen LogP) is 2.52. The molecule has 4 heteroatoms.